The molecule has 5 rings (SSSR count). The first kappa shape index (κ1) is 29.5. The molecule has 0 aliphatic carbocycles. The van der Waals surface area contributed by atoms with Crippen LogP contribution in [-0.4, -0.2) is 70.8 Å². The Bertz CT molecular complexity index is 1260. The molecule has 1 aromatic rings. The Balaban J connectivity index is 1.71. The van der Waals surface area contributed by atoms with E-state index in [1.807, 2.05) is 77.1 Å². The molecule has 4 heterocycles. The van der Waals surface area contributed by atoms with E-state index in [0.717, 1.165) is 36.1 Å². The monoisotopic (exact) mass is 564 g/mol. The summed E-state index contributed by atoms with van der Waals surface area (Å²) in [6.45, 7) is 10.2. The smallest absolute Gasteiger partial charge is 0.313 e. The fourth-order valence-electron chi connectivity index (χ4n) is 7.42. The minimum atomic E-state index is -1.39. The van der Waals surface area contributed by atoms with Crippen LogP contribution >= 0.6 is 0 Å². The lowest BCUT2D eigenvalue weighted by Crippen LogP contribution is -2.59. The summed E-state index contributed by atoms with van der Waals surface area (Å²) >= 11 is 0. The SMILES string of the molecule is CC[C@]12/C=C\CCCCOC(=O)[C@H]1[C@H]1C(=O)N([C@@H](CO)CC(C)C)C3C(=O)N(c4cc(C)ccc4C)CC=C[C@@]31O2. The highest BCUT2D eigenvalue weighted by Crippen LogP contribution is 2.58. The number of amides is 2. The summed E-state index contributed by atoms with van der Waals surface area (Å²) in [5.41, 5.74) is 0.263. The number of allylic oxidation sites excluding steroid dienone is 1. The number of carbonyl (C=O) groups excluding carboxylic acids is 3. The molecule has 8 nitrogen and oxygen atoms in total. The van der Waals surface area contributed by atoms with Crippen molar-refractivity contribution in [2.45, 2.75) is 90.0 Å². The third kappa shape index (κ3) is 4.83. The fraction of sp³-hybridized carbons (Fsp3) is 0.606. The number of esters is 1. The lowest BCUT2D eigenvalue weighted by Gasteiger charge is -2.41. The lowest BCUT2D eigenvalue weighted by molar-refractivity contribution is -0.161. The molecule has 6 atom stereocenters. The molecular formula is C33H44N2O6. The van der Waals surface area contributed by atoms with Crippen LogP contribution in [0.5, 0.6) is 0 Å². The number of cyclic esters (lactones) is 1. The topological polar surface area (TPSA) is 96.4 Å². The Morgan fingerprint density at radius 2 is 1.83 bits per heavy atom. The normalized spacial score (nSPS) is 33.2. The van der Waals surface area contributed by atoms with Gasteiger partial charge < -0.3 is 24.4 Å². The van der Waals surface area contributed by atoms with E-state index < -0.39 is 41.1 Å². The molecule has 2 fully saturated rings. The number of likely N-dealkylation sites (tertiary alicyclic amines) is 1. The van der Waals surface area contributed by atoms with Gasteiger partial charge in [-0.15, -0.1) is 0 Å². The standard InChI is InChI=1S/C33H44N2O6/c1-6-32-14-9-7-8-10-17-40-31(39)27(32)26-29(37)35(24(20-36)18-21(2)3)28-30(38)34(16-11-15-33(26,28)41-32)25-19-22(4)12-13-23(25)5/h9,11-15,19,21,24,26-28,36H,6-8,10,16-18,20H2,1-5H3/b14-9-/t24-,26+,27-,28?,32+,33+/m1/s1. The highest BCUT2D eigenvalue weighted by Gasteiger charge is 2.76. The van der Waals surface area contributed by atoms with Crippen molar-refractivity contribution in [3.05, 3.63) is 53.6 Å². The van der Waals surface area contributed by atoms with Gasteiger partial charge in [-0.2, -0.15) is 0 Å². The molecule has 8 heteroatoms. The summed E-state index contributed by atoms with van der Waals surface area (Å²) in [6, 6.07) is 4.34. The van der Waals surface area contributed by atoms with Gasteiger partial charge >= 0.3 is 5.97 Å². The van der Waals surface area contributed by atoms with Crippen molar-refractivity contribution in [2.24, 2.45) is 17.8 Å². The number of nitrogens with zero attached hydrogens (tertiary/aromatic N) is 2. The van der Waals surface area contributed by atoms with E-state index >= 15 is 0 Å². The quantitative estimate of drug-likeness (QED) is 0.410. The van der Waals surface area contributed by atoms with Crippen LogP contribution in [0.1, 0.15) is 64.0 Å². The number of rotatable bonds is 6. The number of hydrogen-bond acceptors (Lipinski definition) is 6. The Labute approximate surface area is 243 Å². The van der Waals surface area contributed by atoms with Crippen LogP contribution in [0, 0.1) is 31.6 Å². The fourth-order valence-corrected chi connectivity index (χ4v) is 7.42. The van der Waals surface area contributed by atoms with Gasteiger partial charge in [0, 0.05) is 12.2 Å². The van der Waals surface area contributed by atoms with E-state index in [-0.39, 0.29) is 30.9 Å². The summed E-state index contributed by atoms with van der Waals surface area (Å²) in [7, 11) is 0. The number of aliphatic hydroxyl groups is 1. The molecule has 2 amide bonds. The molecule has 4 aliphatic rings. The van der Waals surface area contributed by atoms with Gasteiger partial charge in [0.15, 0.2) is 0 Å². The number of fused-ring (bicyclic) bond motifs is 2. The van der Waals surface area contributed by atoms with Crippen LogP contribution < -0.4 is 4.90 Å². The van der Waals surface area contributed by atoms with E-state index in [4.69, 9.17) is 9.47 Å². The van der Waals surface area contributed by atoms with Crippen molar-refractivity contribution < 1.29 is 29.0 Å². The predicted molar refractivity (Wildman–Crippen MR) is 156 cm³/mol. The predicted octanol–water partition coefficient (Wildman–Crippen LogP) is 4.26. The van der Waals surface area contributed by atoms with Crippen molar-refractivity contribution in [2.75, 3.05) is 24.7 Å². The Kier molecular flexibility index (Phi) is 8.18. The number of anilines is 1. The van der Waals surface area contributed by atoms with Crippen molar-refractivity contribution in [3.8, 4) is 0 Å². The Hall–Kier alpha value is -2.97. The summed E-state index contributed by atoms with van der Waals surface area (Å²) in [6.07, 6.45) is 11.1. The van der Waals surface area contributed by atoms with Gasteiger partial charge in [-0.3, -0.25) is 14.4 Å². The third-order valence-electron chi connectivity index (χ3n) is 9.32. The maximum atomic E-state index is 14.8. The molecule has 0 aromatic heterocycles. The van der Waals surface area contributed by atoms with Crippen LogP contribution in [0.15, 0.2) is 42.5 Å². The van der Waals surface area contributed by atoms with Gasteiger partial charge in [0.1, 0.15) is 23.2 Å². The van der Waals surface area contributed by atoms with Crippen LogP contribution in [-0.2, 0) is 23.9 Å². The van der Waals surface area contributed by atoms with Gasteiger partial charge in [-0.25, -0.2) is 0 Å². The minimum absolute atomic E-state index is 0.167. The number of aliphatic hydroxyl groups excluding tert-OH is 1. The molecule has 1 spiro atoms. The Morgan fingerprint density at radius 3 is 2.54 bits per heavy atom. The molecule has 4 aliphatic heterocycles. The molecule has 1 unspecified atom stereocenters. The number of benzene rings is 1. The average Bonchev–Trinajstić information content (AvgIpc) is 3.30. The van der Waals surface area contributed by atoms with Crippen molar-refractivity contribution >= 4 is 23.5 Å². The molecule has 0 saturated carbocycles. The third-order valence-corrected chi connectivity index (χ3v) is 9.32. The first-order valence-corrected chi connectivity index (χ1v) is 15.1. The van der Waals surface area contributed by atoms with Crippen LogP contribution in [0.2, 0.25) is 0 Å². The Morgan fingerprint density at radius 1 is 1.05 bits per heavy atom. The second-order valence-electron chi connectivity index (χ2n) is 12.5. The maximum absolute atomic E-state index is 14.8. The molecule has 41 heavy (non-hydrogen) atoms. The van der Waals surface area contributed by atoms with Crippen molar-refractivity contribution in [3.63, 3.8) is 0 Å². The number of ether oxygens (including phenoxy) is 2. The van der Waals surface area contributed by atoms with Crippen LogP contribution in [0.25, 0.3) is 0 Å². The van der Waals surface area contributed by atoms with E-state index in [0.29, 0.717) is 19.4 Å². The largest absolute Gasteiger partial charge is 0.465 e. The molecule has 1 aromatic carbocycles. The van der Waals surface area contributed by atoms with E-state index in [9.17, 15) is 19.5 Å². The number of aryl methyl sites for hydroxylation is 2. The highest BCUT2D eigenvalue weighted by molar-refractivity contribution is 6.06. The van der Waals surface area contributed by atoms with Crippen LogP contribution in [0.3, 0.4) is 0 Å². The number of carbonyl (C=O) groups is 3. The zero-order chi connectivity index (χ0) is 29.5. The maximum Gasteiger partial charge on any atom is 0.313 e. The minimum Gasteiger partial charge on any atom is -0.465 e. The highest BCUT2D eigenvalue weighted by atomic mass is 16.6. The van der Waals surface area contributed by atoms with Gasteiger partial charge in [0.05, 0.1) is 25.2 Å². The van der Waals surface area contributed by atoms with E-state index in [1.165, 1.54) is 0 Å². The van der Waals surface area contributed by atoms with Gasteiger partial charge in [0.25, 0.3) is 5.91 Å². The number of hydrogen-bond donors (Lipinski definition) is 1. The summed E-state index contributed by atoms with van der Waals surface area (Å²) in [4.78, 5) is 46.6. The summed E-state index contributed by atoms with van der Waals surface area (Å²) in [5, 5.41) is 10.6. The van der Waals surface area contributed by atoms with E-state index in [2.05, 4.69) is 0 Å². The van der Waals surface area contributed by atoms with Crippen molar-refractivity contribution in [1.29, 1.82) is 0 Å². The first-order valence-electron chi connectivity index (χ1n) is 15.1. The van der Waals surface area contributed by atoms with Gasteiger partial charge in [-0.1, -0.05) is 57.2 Å². The van der Waals surface area contributed by atoms with Crippen LogP contribution in [0.4, 0.5) is 5.69 Å². The zero-order valence-electron chi connectivity index (χ0n) is 25.0. The molecular weight excluding hydrogens is 520 g/mol. The second kappa shape index (κ2) is 11.4. The molecule has 1 N–H and O–H groups in total. The van der Waals surface area contributed by atoms with Gasteiger partial charge in [-0.05, 0) is 69.1 Å². The molecule has 0 radical (unpaired) electrons. The zero-order valence-corrected chi connectivity index (χ0v) is 25.0. The average molecular weight is 565 g/mol. The summed E-state index contributed by atoms with van der Waals surface area (Å²) < 4.78 is 12.8. The summed E-state index contributed by atoms with van der Waals surface area (Å²) in [5.74, 6) is -2.77. The molecule has 2 saturated heterocycles. The second-order valence-corrected chi connectivity index (χ2v) is 12.5. The van der Waals surface area contributed by atoms with Crippen molar-refractivity contribution in [1.82, 2.24) is 4.90 Å². The molecule has 0 bridgehead atoms. The van der Waals surface area contributed by atoms with E-state index in [1.54, 1.807) is 9.80 Å². The van der Waals surface area contributed by atoms with Gasteiger partial charge in [0.2, 0.25) is 5.91 Å². The lowest BCUT2D eigenvalue weighted by atomic mass is 9.73. The first-order chi connectivity index (χ1) is 19.6. The molecule has 222 valence electrons.